The zero-order chi connectivity index (χ0) is 17.5. The Morgan fingerprint density at radius 1 is 1.25 bits per heavy atom. The molecule has 0 aliphatic heterocycles. The predicted octanol–water partition coefficient (Wildman–Crippen LogP) is 2.38. The average molecular weight is 443 g/mol. The maximum absolute atomic E-state index is 12.8. The van der Waals surface area contributed by atoms with Crippen LogP contribution in [-0.2, 0) is 11.4 Å². The Kier molecular flexibility index (Phi) is 6.47. The molecule has 8 heteroatoms. The Labute approximate surface area is 152 Å². The van der Waals surface area contributed by atoms with Gasteiger partial charge in [-0.05, 0) is 30.7 Å². The molecule has 126 valence electrons. The first-order valence-corrected chi connectivity index (χ1v) is 8.12. The van der Waals surface area contributed by atoms with Crippen LogP contribution in [0.3, 0.4) is 0 Å². The van der Waals surface area contributed by atoms with Gasteiger partial charge in [0.15, 0.2) is 0 Å². The van der Waals surface area contributed by atoms with Crippen molar-refractivity contribution >= 4 is 34.7 Å². The standard InChI is InChI=1S/C16H15FIN3O3/c1-10(15(22)21-18)20-16(23)12-4-7-14(19-8-12)24-9-11-2-5-13(17)6-3-11/h2-8,10H,9H2,1H3,(H,20,23)(H,21,22). The third-order valence-electron chi connectivity index (χ3n) is 3.13. The van der Waals surface area contributed by atoms with Gasteiger partial charge in [0.1, 0.15) is 18.5 Å². The molecular weight excluding hydrogens is 428 g/mol. The molecule has 1 aromatic carbocycles. The molecule has 0 bridgehead atoms. The molecule has 1 aromatic heterocycles. The molecule has 1 atom stereocenters. The number of nitrogens with one attached hydrogen (secondary N) is 2. The molecule has 0 aliphatic rings. The third kappa shape index (κ3) is 5.15. The van der Waals surface area contributed by atoms with Gasteiger partial charge < -0.3 is 10.1 Å². The van der Waals surface area contributed by atoms with E-state index in [1.807, 2.05) is 0 Å². The van der Waals surface area contributed by atoms with Crippen molar-refractivity contribution in [3.05, 3.63) is 59.5 Å². The minimum atomic E-state index is -0.649. The van der Waals surface area contributed by atoms with Crippen molar-refractivity contribution in [2.45, 2.75) is 19.6 Å². The van der Waals surface area contributed by atoms with Crippen LogP contribution in [0.5, 0.6) is 5.88 Å². The second kappa shape index (κ2) is 8.57. The molecule has 2 amide bonds. The summed E-state index contributed by atoms with van der Waals surface area (Å²) in [5.41, 5.74) is 1.12. The summed E-state index contributed by atoms with van der Waals surface area (Å²) in [6.07, 6.45) is 1.37. The van der Waals surface area contributed by atoms with Gasteiger partial charge in [0.2, 0.25) is 5.88 Å². The number of halogens is 2. The van der Waals surface area contributed by atoms with E-state index in [2.05, 4.69) is 13.8 Å². The van der Waals surface area contributed by atoms with E-state index >= 15 is 0 Å². The van der Waals surface area contributed by atoms with E-state index in [1.54, 1.807) is 54.1 Å². The van der Waals surface area contributed by atoms with Gasteiger partial charge in [0, 0.05) is 12.3 Å². The highest BCUT2D eigenvalue weighted by Crippen LogP contribution is 2.11. The van der Waals surface area contributed by atoms with E-state index in [9.17, 15) is 14.0 Å². The zero-order valence-corrected chi connectivity index (χ0v) is 14.9. The second-order valence-corrected chi connectivity index (χ2v) is 5.49. The van der Waals surface area contributed by atoms with Crippen LogP contribution in [-0.4, -0.2) is 22.8 Å². The van der Waals surface area contributed by atoms with Crippen molar-refractivity contribution in [3.63, 3.8) is 0 Å². The first kappa shape index (κ1) is 18.1. The topological polar surface area (TPSA) is 80.3 Å². The van der Waals surface area contributed by atoms with Crippen LogP contribution in [0.4, 0.5) is 4.39 Å². The molecule has 1 unspecified atom stereocenters. The number of carbonyl (C=O) groups is 2. The summed E-state index contributed by atoms with van der Waals surface area (Å²) in [4.78, 5) is 27.4. The number of amides is 2. The van der Waals surface area contributed by atoms with Crippen molar-refractivity contribution in [3.8, 4) is 5.88 Å². The van der Waals surface area contributed by atoms with Crippen LogP contribution in [0.25, 0.3) is 0 Å². The molecule has 0 aliphatic carbocycles. The van der Waals surface area contributed by atoms with Gasteiger partial charge in [-0.2, -0.15) is 0 Å². The molecule has 0 saturated carbocycles. The van der Waals surface area contributed by atoms with Gasteiger partial charge in [0.05, 0.1) is 28.4 Å². The predicted molar refractivity (Wildman–Crippen MR) is 94.1 cm³/mol. The summed E-state index contributed by atoms with van der Waals surface area (Å²) in [5, 5.41) is 2.56. The molecular formula is C16H15FIN3O3. The van der Waals surface area contributed by atoms with Crippen molar-refractivity contribution < 1.29 is 18.7 Å². The number of nitrogens with zero attached hydrogens (tertiary/aromatic N) is 1. The Morgan fingerprint density at radius 3 is 2.54 bits per heavy atom. The van der Waals surface area contributed by atoms with Crippen LogP contribution in [0.2, 0.25) is 0 Å². The smallest absolute Gasteiger partial charge is 0.253 e. The molecule has 0 fully saturated rings. The van der Waals surface area contributed by atoms with Gasteiger partial charge in [-0.25, -0.2) is 9.37 Å². The van der Waals surface area contributed by atoms with Crippen LogP contribution >= 0.6 is 22.9 Å². The van der Waals surface area contributed by atoms with E-state index in [0.29, 0.717) is 11.4 Å². The maximum atomic E-state index is 12.8. The Bertz CT molecular complexity index is 708. The van der Waals surface area contributed by atoms with Crippen molar-refractivity contribution in [1.29, 1.82) is 0 Å². The van der Waals surface area contributed by atoms with Gasteiger partial charge in [-0.1, -0.05) is 12.1 Å². The molecule has 0 spiro atoms. The van der Waals surface area contributed by atoms with E-state index < -0.39 is 11.9 Å². The van der Waals surface area contributed by atoms with Crippen molar-refractivity contribution in [2.75, 3.05) is 0 Å². The molecule has 0 saturated heterocycles. The SMILES string of the molecule is CC(NC(=O)c1ccc(OCc2ccc(F)cc2)nc1)C(=O)NI. The number of aromatic nitrogens is 1. The highest BCUT2D eigenvalue weighted by atomic mass is 127. The fourth-order valence-corrected chi connectivity index (χ4v) is 2.23. The Balaban J connectivity index is 1.91. The first-order chi connectivity index (χ1) is 11.5. The Hall–Kier alpha value is -2.23. The van der Waals surface area contributed by atoms with Crippen LogP contribution in [0.15, 0.2) is 42.6 Å². The number of hydrogen-bond acceptors (Lipinski definition) is 4. The number of rotatable bonds is 6. The zero-order valence-electron chi connectivity index (χ0n) is 12.8. The minimum absolute atomic E-state index is 0.242. The fourth-order valence-electron chi connectivity index (χ4n) is 1.77. The van der Waals surface area contributed by atoms with Gasteiger partial charge in [0.25, 0.3) is 11.8 Å². The van der Waals surface area contributed by atoms with Crippen molar-refractivity contribution in [2.24, 2.45) is 0 Å². The first-order valence-electron chi connectivity index (χ1n) is 7.04. The molecule has 2 N–H and O–H groups in total. The lowest BCUT2D eigenvalue weighted by molar-refractivity contribution is -0.120. The lowest BCUT2D eigenvalue weighted by Crippen LogP contribution is -2.42. The molecule has 0 radical (unpaired) electrons. The summed E-state index contributed by atoms with van der Waals surface area (Å²) in [7, 11) is 0. The largest absolute Gasteiger partial charge is 0.473 e. The highest BCUT2D eigenvalue weighted by molar-refractivity contribution is 14.1. The second-order valence-electron chi connectivity index (χ2n) is 4.95. The summed E-state index contributed by atoms with van der Waals surface area (Å²) in [6, 6.07) is 8.41. The quantitative estimate of drug-likeness (QED) is 0.531. The minimum Gasteiger partial charge on any atom is -0.473 e. The Morgan fingerprint density at radius 2 is 1.96 bits per heavy atom. The van der Waals surface area contributed by atoms with Gasteiger partial charge in [-0.15, -0.1) is 0 Å². The van der Waals surface area contributed by atoms with Crippen LogP contribution in [0.1, 0.15) is 22.8 Å². The average Bonchev–Trinajstić information content (AvgIpc) is 2.60. The summed E-state index contributed by atoms with van der Waals surface area (Å²) in [6.45, 7) is 1.82. The van der Waals surface area contributed by atoms with E-state index in [0.717, 1.165) is 5.56 Å². The normalized spacial score (nSPS) is 11.5. The summed E-state index contributed by atoms with van der Waals surface area (Å²) >= 11 is 1.71. The molecule has 1 heterocycles. The summed E-state index contributed by atoms with van der Waals surface area (Å²) < 4.78 is 20.7. The van der Waals surface area contributed by atoms with Gasteiger partial charge in [-0.3, -0.25) is 13.1 Å². The number of pyridine rings is 1. The lowest BCUT2D eigenvalue weighted by Gasteiger charge is -2.11. The molecule has 6 nitrogen and oxygen atoms in total. The van der Waals surface area contributed by atoms with E-state index in [1.165, 1.54) is 18.3 Å². The van der Waals surface area contributed by atoms with E-state index in [4.69, 9.17) is 4.74 Å². The number of ether oxygens (including phenoxy) is 1. The van der Waals surface area contributed by atoms with Crippen molar-refractivity contribution in [1.82, 2.24) is 13.8 Å². The molecule has 24 heavy (non-hydrogen) atoms. The number of benzene rings is 1. The monoisotopic (exact) mass is 443 g/mol. The lowest BCUT2D eigenvalue weighted by atomic mass is 10.2. The third-order valence-corrected chi connectivity index (χ3v) is 3.66. The van der Waals surface area contributed by atoms with Crippen LogP contribution < -0.4 is 13.6 Å². The molecule has 2 rings (SSSR count). The maximum Gasteiger partial charge on any atom is 0.253 e. The fraction of sp³-hybridized carbons (Fsp3) is 0.188. The number of hydrogen-bond donors (Lipinski definition) is 2. The molecule has 2 aromatic rings. The number of carbonyl (C=O) groups excluding carboxylic acids is 2. The van der Waals surface area contributed by atoms with E-state index in [-0.39, 0.29) is 18.3 Å². The van der Waals surface area contributed by atoms with Gasteiger partial charge >= 0.3 is 0 Å². The van der Waals surface area contributed by atoms with Crippen LogP contribution in [0, 0.1) is 5.82 Å². The highest BCUT2D eigenvalue weighted by Gasteiger charge is 2.15. The summed E-state index contributed by atoms with van der Waals surface area (Å²) in [5.74, 6) is -0.664.